The van der Waals surface area contributed by atoms with Crippen LogP contribution in [0.3, 0.4) is 0 Å². The zero-order chi connectivity index (χ0) is 13.7. The molecule has 98 valence electrons. The van der Waals surface area contributed by atoms with Gasteiger partial charge in [-0.2, -0.15) is 0 Å². The third-order valence-electron chi connectivity index (χ3n) is 2.21. The van der Waals surface area contributed by atoms with Gasteiger partial charge in [-0.05, 0) is 26.0 Å². The van der Waals surface area contributed by atoms with Crippen LogP contribution in [-0.4, -0.2) is 29.6 Å². The molecule has 0 fully saturated rings. The number of hydrogen-bond acceptors (Lipinski definition) is 3. The van der Waals surface area contributed by atoms with Gasteiger partial charge in [0.2, 0.25) is 0 Å². The highest BCUT2D eigenvalue weighted by Crippen LogP contribution is 2.23. The first-order valence-electron chi connectivity index (χ1n) is 5.43. The molecular formula is C12H14FNO4. The highest BCUT2D eigenvalue weighted by Gasteiger charge is 2.21. The number of carbonyl (C=O) groups excluding carboxylic acids is 1. The van der Waals surface area contributed by atoms with E-state index in [0.29, 0.717) is 6.54 Å². The molecule has 0 radical (unpaired) electrons. The number of rotatable bonds is 5. The van der Waals surface area contributed by atoms with Gasteiger partial charge in [0.25, 0.3) is 5.91 Å². The predicted octanol–water partition coefficient (Wildman–Crippen LogP) is 1.43. The van der Waals surface area contributed by atoms with Crippen LogP contribution in [0, 0.1) is 5.82 Å². The van der Waals surface area contributed by atoms with Crippen LogP contribution in [0.15, 0.2) is 18.2 Å². The molecule has 0 aliphatic heterocycles. The van der Waals surface area contributed by atoms with Crippen molar-refractivity contribution in [1.29, 1.82) is 0 Å². The maximum absolute atomic E-state index is 13.5. The molecule has 0 heterocycles. The molecule has 0 saturated heterocycles. The van der Waals surface area contributed by atoms with Gasteiger partial charge in [0, 0.05) is 6.54 Å². The lowest BCUT2D eigenvalue weighted by atomic mass is 10.2. The Morgan fingerprint density at radius 1 is 1.50 bits per heavy atom. The number of para-hydroxylation sites is 1. The van der Waals surface area contributed by atoms with Crippen molar-refractivity contribution in [2.24, 2.45) is 0 Å². The normalized spacial score (nSPS) is 11.7. The van der Waals surface area contributed by atoms with Gasteiger partial charge in [0.1, 0.15) is 5.56 Å². The van der Waals surface area contributed by atoms with Gasteiger partial charge < -0.3 is 15.2 Å². The molecule has 18 heavy (non-hydrogen) atoms. The minimum Gasteiger partial charge on any atom is -0.478 e. The van der Waals surface area contributed by atoms with E-state index in [1.165, 1.54) is 19.1 Å². The molecule has 1 amide bonds. The summed E-state index contributed by atoms with van der Waals surface area (Å²) in [5.74, 6) is -2.99. The van der Waals surface area contributed by atoms with Crippen LogP contribution in [0.2, 0.25) is 0 Å². The van der Waals surface area contributed by atoms with E-state index in [4.69, 9.17) is 9.84 Å². The van der Waals surface area contributed by atoms with E-state index < -0.39 is 29.5 Å². The van der Waals surface area contributed by atoms with E-state index in [-0.39, 0.29) is 5.56 Å². The van der Waals surface area contributed by atoms with Crippen molar-refractivity contribution < 1.29 is 23.8 Å². The first-order valence-corrected chi connectivity index (χ1v) is 5.43. The topological polar surface area (TPSA) is 75.6 Å². The molecule has 1 aromatic rings. The number of halogens is 1. The number of carboxylic acids is 1. The van der Waals surface area contributed by atoms with E-state index in [9.17, 15) is 14.0 Å². The van der Waals surface area contributed by atoms with Crippen molar-refractivity contribution >= 4 is 11.9 Å². The number of amides is 1. The Morgan fingerprint density at radius 3 is 2.72 bits per heavy atom. The average molecular weight is 255 g/mol. The second-order valence-corrected chi connectivity index (χ2v) is 3.58. The van der Waals surface area contributed by atoms with E-state index in [2.05, 4.69) is 5.32 Å². The Hall–Kier alpha value is -2.11. The number of aromatic carboxylic acids is 1. The monoisotopic (exact) mass is 255 g/mol. The van der Waals surface area contributed by atoms with Gasteiger partial charge in [-0.3, -0.25) is 4.79 Å². The maximum atomic E-state index is 13.5. The lowest BCUT2D eigenvalue weighted by Crippen LogP contribution is -2.36. The summed E-state index contributed by atoms with van der Waals surface area (Å²) in [5, 5.41) is 11.4. The first kappa shape index (κ1) is 14.0. The molecule has 0 aliphatic carbocycles. The third kappa shape index (κ3) is 3.19. The fourth-order valence-electron chi connectivity index (χ4n) is 1.35. The Balaban J connectivity index is 2.96. The summed E-state index contributed by atoms with van der Waals surface area (Å²) in [7, 11) is 0. The first-order chi connectivity index (χ1) is 8.47. The highest BCUT2D eigenvalue weighted by molar-refractivity contribution is 5.91. The quantitative estimate of drug-likeness (QED) is 0.834. The van der Waals surface area contributed by atoms with Gasteiger partial charge in [0.15, 0.2) is 17.7 Å². The molecule has 0 aromatic heterocycles. The third-order valence-corrected chi connectivity index (χ3v) is 2.21. The minimum absolute atomic E-state index is 0.314. The van der Waals surface area contributed by atoms with Crippen LogP contribution >= 0.6 is 0 Å². The molecule has 0 aliphatic rings. The second kappa shape index (κ2) is 6.00. The van der Waals surface area contributed by atoms with Crippen molar-refractivity contribution in [1.82, 2.24) is 5.32 Å². The Bertz CT molecular complexity index is 461. The summed E-state index contributed by atoms with van der Waals surface area (Å²) >= 11 is 0. The minimum atomic E-state index is -1.31. The van der Waals surface area contributed by atoms with Crippen LogP contribution in [0.4, 0.5) is 4.39 Å². The van der Waals surface area contributed by atoms with Crippen molar-refractivity contribution in [2.75, 3.05) is 6.54 Å². The molecule has 1 unspecified atom stereocenters. The summed E-state index contributed by atoms with van der Waals surface area (Å²) in [4.78, 5) is 22.3. The summed E-state index contributed by atoms with van der Waals surface area (Å²) in [6.45, 7) is 3.56. The highest BCUT2D eigenvalue weighted by atomic mass is 19.1. The molecule has 2 N–H and O–H groups in total. The van der Waals surface area contributed by atoms with Crippen molar-refractivity contribution in [3.8, 4) is 5.75 Å². The molecule has 6 heteroatoms. The summed E-state index contributed by atoms with van der Waals surface area (Å²) in [6.07, 6.45) is -0.972. The molecule has 0 bridgehead atoms. The van der Waals surface area contributed by atoms with Crippen LogP contribution < -0.4 is 10.1 Å². The molecular weight excluding hydrogens is 241 g/mol. The van der Waals surface area contributed by atoms with Crippen LogP contribution in [0.25, 0.3) is 0 Å². The summed E-state index contributed by atoms with van der Waals surface area (Å²) in [6, 6.07) is 3.56. The molecule has 1 rings (SSSR count). The lowest BCUT2D eigenvalue weighted by Gasteiger charge is -2.16. The van der Waals surface area contributed by atoms with E-state index in [0.717, 1.165) is 6.07 Å². The summed E-state index contributed by atoms with van der Waals surface area (Å²) < 4.78 is 18.6. The molecule has 0 saturated carbocycles. The van der Waals surface area contributed by atoms with Crippen molar-refractivity contribution in [3.05, 3.63) is 29.6 Å². The zero-order valence-corrected chi connectivity index (χ0v) is 10.1. The molecule has 0 spiro atoms. The van der Waals surface area contributed by atoms with Gasteiger partial charge in [-0.25, -0.2) is 9.18 Å². The van der Waals surface area contributed by atoms with E-state index in [1.807, 2.05) is 0 Å². The molecule has 1 atom stereocenters. The predicted molar refractivity (Wildman–Crippen MR) is 62.1 cm³/mol. The zero-order valence-electron chi connectivity index (χ0n) is 10.1. The van der Waals surface area contributed by atoms with Gasteiger partial charge in [-0.1, -0.05) is 6.07 Å². The largest absolute Gasteiger partial charge is 0.478 e. The Kier molecular flexibility index (Phi) is 4.65. The van der Waals surface area contributed by atoms with Crippen LogP contribution in [-0.2, 0) is 4.79 Å². The Labute approximate surface area is 104 Å². The Morgan fingerprint density at radius 2 is 2.17 bits per heavy atom. The average Bonchev–Trinajstić information content (AvgIpc) is 2.31. The van der Waals surface area contributed by atoms with Gasteiger partial charge >= 0.3 is 5.97 Å². The van der Waals surface area contributed by atoms with E-state index in [1.54, 1.807) is 6.92 Å². The smallest absolute Gasteiger partial charge is 0.339 e. The number of likely N-dealkylation sites (N-methyl/N-ethyl adjacent to an activating group) is 1. The van der Waals surface area contributed by atoms with Crippen LogP contribution in [0.1, 0.15) is 24.2 Å². The summed E-state index contributed by atoms with van der Waals surface area (Å²) in [5.41, 5.74) is -0.314. The van der Waals surface area contributed by atoms with Crippen molar-refractivity contribution in [3.63, 3.8) is 0 Å². The number of hydrogen-bond donors (Lipinski definition) is 2. The number of ether oxygens (including phenoxy) is 1. The number of carboxylic acid groups (broad SMARTS) is 1. The number of nitrogens with one attached hydrogen (secondary N) is 1. The lowest BCUT2D eigenvalue weighted by molar-refractivity contribution is -0.127. The standard InChI is InChI=1S/C12H14FNO4/c1-3-14-11(15)7(2)18-10-8(12(16)17)5-4-6-9(10)13/h4-7H,3H2,1-2H3,(H,14,15)(H,16,17). The molecule has 1 aromatic carbocycles. The molecule has 5 nitrogen and oxygen atoms in total. The SMILES string of the molecule is CCNC(=O)C(C)Oc1c(F)cccc1C(=O)O. The van der Waals surface area contributed by atoms with E-state index >= 15 is 0 Å². The second-order valence-electron chi connectivity index (χ2n) is 3.58. The van der Waals surface area contributed by atoms with Gasteiger partial charge in [-0.15, -0.1) is 0 Å². The number of benzene rings is 1. The van der Waals surface area contributed by atoms with Gasteiger partial charge in [0.05, 0.1) is 0 Å². The fraction of sp³-hybridized carbons (Fsp3) is 0.333. The van der Waals surface area contributed by atoms with Crippen LogP contribution in [0.5, 0.6) is 5.75 Å². The fourth-order valence-corrected chi connectivity index (χ4v) is 1.35. The van der Waals surface area contributed by atoms with Crippen molar-refractivity contribution in [2.45, 2.75) is 20.0 Å². The maximum Gasteiger partial charge on any atom is 0.339 e. The number of carbonyl (C=O) groups is 2.